The second-order valence-corrected chi connectivity index (χ2v) is 9.39. The van der Waals surface area contributed by atoms with E-state index in [0.717, 1.165) is 49.6 Å². The van der Waals surface area contributed by atoms with Gasteiger partial charge in [-0.3, -0.25) is 9.59 Å². The van der Waals surface area contributed by atoms with Crippen LogP contribution in [0.15, 0.2) is 24.3 Å². The van der Waals surface area contributed by atoms with Crippen LogP contribution >= 0.6 is 0 Å². The molecule has 3 saturated heterocycles. The summed E-state index contributed by atoms with van der Waals surface area (Å²) >= 11 is 0. The highest BCUT2D eigenvalue weighted by atomic mass is 19.2. The first kappa shape index (κ1) is 19.7. The molecule has 30 heavy (non-hydrogen) atoms. The number of rotatable bonds is 4. The van der Waals surface area contributed by atoms with Gasteiger partial charge in [0.1, 0.15) is 0 Å². The minimum Gasteiger partial charge on any atom is -0.369 e. The fourth-order valence-corrected chi connectivity index (χ4v) is 4.91. The molecule has 4 aliphatic rings. The van der Waals surface area contributed by atoms with Gasteiger partial charge in [0, 0.05) is 44.0 Å². The molecule has 0 aromatic heterocycles. The molecule has 3 heterocycles. The number of anilines is 1. The van der Waals surface area contributed by atoms with E-state index in [9.17, 15) is 9.59 Å². The van der Waals surface area contributed by atoms with E-state index >= 15 is 8.78 Å². The first-order valence-corrected chi connectivity index (χ1v) is 10.8. The van der Waals surface area contributed by atoms with Gasteiger partial charge in [-0.15, -0.1) is 0 Å². The number of likely N-dealkylation sites (N-methyl/N-ethyl adjacent to an activating group) is 1. The minimum atomic E-state index is -2.63. The summed E-state index contributed by atoms with van der Waals surface area (Å²) in [5.41, 5.74) is -3.53. The lowest BCUT2D eigenvalue weighted by atomic mass is 9.93. The zero-order valence-corrected chi connectivity index (χ0v) is 17.3. The maximum absolute atomic E-state index is 15.5. The van der Waals surface area contributed by atoms with E-state index in [1.165, 1.54) is 4.90 Å². The number of alkyl halides is 2. The van der Waals surface area contributed by atoms with Gasteiger partial charge in [-0.2, -0.15) is 0 Å². The number of likely N-dealkylation sites (tertiary alicyclic amines) is 2. The Labute approximate surface area is 175 Å². The fraction of sp³-hybridized carbons (Fsp3) is 0.636. The first-order valence-electron chi connectivity index (χ1n) is 10.8. The zero-order chi connectivity index (χ0) is 21.1. The molecule has 0 radical (unpaired) electrons. The summed E-state index contributed by atoms with van der Waals surface area (Å²) in [6, 6.07) is 7.19. The molecule has 6 nitrogen and oxygen atoms in total. The highest BCUT2D eigenvalue weighted by Crippen LogP contribution is 2.47. The number of nitrogens with zero attached hydrogens (tertiary/aromatic N) is 4. The molecular formula is C22H28F2N4O2. The van der Waals surface area contributed by atoms with Crippen LogP contribution in [0.3, 0.4) is 0 Å². The summed E-state index contributed by atoms with van der Waals surface area (Å²) < 4.78 is 31.0. The molecule has 8 heteroatoms. The van der Waals surface area contributed by atoms with Crippen LogP contribution in [-0.2, 0) is 4.79 Å². The predicted molar refractivity (Wildman–Crippen MR) is 109 cm³/mol. The third-order valence-electron chi connectivity index (χ3n) is 7.07. The predicted octanol–water partition coefficient (Wildman–Crippen LogP) is 1.56. The maximum Gasteiger partial charge on any atom is 0.265 e. The summed E-state index contributed by atoms with van der Waals surface area (Å²) in [6.07, 6.45) is 2.02. The van der Waals surface area contributed by atoms with E-state index in [-0.39, 0.29) is 13.1 Å². The monoisotopic (exact) mass is 418 g/mol. The standard InChI is InChI=1S/C22H28F2N4O2/c1-25-8-10-26(11-9-25)18-6-4-17(5-7-18)19(29)28-14-21(23)13-27(12-16-2-3-16)20(30)22(21,24)15-28/h4-7,16H,2-3,8-15H2,1H3/t21-,22-/m1/s1. The summed E-state index contributed by atoms with van der Waals surface area (Å²) in [7, 11) is 2.09. The number of halogens is 2. The Balaban J connectivity index is 1.27. The van der Waals surface area contributed by atoms with Crippen LogP contribution in [-0.4, -0.2) is 97.3 Å². The van der Waals surface area contributed by atoms with Crippen molar-refractivity contribution >= 4 is 17.5 Å². The average molecular weight is 418 g/mol. The van der Waals surface area contributed by atoms with Crippen LogP contribution in [0.25, 0.3) is 0 Å². The average Bonchev–Trinajstić information content (AvgIpc) is 3.48. The van der Waals surface area contributed by atoms with Crippen molar-refractivity contribution in [2.75, 3.05) is 64.3 Å². The van der Waals surface area contributed by atoms with Gasteiger partial charge < -0.3 is 19.6 Å². The van der Waals surface area contributed by atoms with Crippen molar-refractivity contribution in [1.82, 2.24) is 14.7 Å². The number of fused-ring (bicyclic) bond motifs is 1. The van der Waals surface area contributed by atoms with Crippen LogP contribution in [0.2, 0.25) is 0 Å². The Morgan fingerprint density at radius 1 is 1.03 bits per heavy atom. The van der Waals surface area contributed by atoms with E-state index in [0.29, 0.717) is 18.0 Å². The van der Waals surface area contributed by atoms with Crippen molar-refractivity contribution in [2.45, 2.75) is 24.2 Å². The number of carbonyl (C=O) groups is 2. The van der Waals surface area contributed by atoms with E-state index in [4.69, 9.17) is 0 Å². The van der Waals surface area contributed by atoms with E-state index in [1.807, 2.05) is 12.1 Å². The van der Waals surface area contributed by atoms with Crippen LogP contribution in [0.4, 0.5) is 14.5 Å². The summed E-state index contributed by atoms with van der Waals surface area (Å²) in [5.74, 6) is -0.848. The topological polar surface area (TPSA) is 47.1 Å². The molecule has 3 aliphatic heterocycles. The molecule has 2 amide bonds. The molecule has 5 rings (SSSR count). The quantitative estimate of drug-likeness (QED) is 0.745. The van der Waals surface area contributed by atoms with Crippen molar-refractivity contribution in [1.29, 1.82) is 0 Å². The Morgan fingerprint density at radius 3 is 2.30 bits per heavy atom. The molecule has 2 atom stereocenters. The number of benzene rings is 1. The summed E-state index contributed by atoms with van der Waals surface area (Å²) in [6.45, 7) is 3.09. The van der Waals surface area contributed by atoms with Gasteiger partial charge in [0.15, 0.2) is 5.67 Å². The molecular weight excluding hydrogens is 390 g/mol. The number of hydrogen-bond donors (Lipinski definition) is 0. The highest BCUT2D eigenvalue weighted by molar-refractivity contribution is 5.97. The fourth-order valence-electron chi connectivity index (χ4n) is 4.91. The van der Waals surface area contributed by atoms with Gasteiger partial charge in [-0.05, 0) is 50.1 Å². The highest BCUT2D eigenvalue weighted by Gasteiger charge is 2.71. The normalized spacial score (nSPS) is 32.1. The van der Waals surface area contributed by atoms with E-state index < -0.39 is 29.7 Å². The second kappa shape index (κ2) is 6.90. The van der Waals surface area contributed by atoms with Crippen LogP contribution in [0.5, 0.6) is 0 Å². The molecule has 1 aromatic rings. The minimum absolute atomic E-state index is 0.259. The molecule has 1 saturated carbocycles. The number of hydrogen-bond acceptors (Lipinski definition) is 4. The van der Waals surface area contributed by atoms with Gasteiger partial charge >= 0.3 is 0 Å². The van der Waals surface area contributed by atoms with Crippen molar-refractivity contribution < 1.29 is 18.4 Å². The molecule has 4 fully saturated rings. The number of carbonyl (C=O) groups excluding carboxylic acids is 2. The van der Waals surface area contributed by atoms with Crippen LogP contribution in [0, 0.1) is 5.92 Å². The van der Waals surface area contributed by atoms with Crippen molar-refractivity contribution in [2.24, 2.45) is 5.92 Å². The smallest absolute Gasteiger partial charge is 0.265 e. The molecule has 0 bridgehead atoms. The van der Waals surface area contributed by atoms with Crippen molar-refractivity contribution in [3.8, 4) is 0 Å². The third kappa shape index (κ3) is 3.16. The molecule has 1 aromatic carbocycles. The van der Waals surface area contributed by atoms with Crippen LogP contribution < -0.4 is 4.90 Å². The van der Waals surface area contributed by atoms with Gasteiger partial charge in [0.2, 0.25) is 5.67 Å². The van der Waals surface area contributed by atoms with E-state index in [1.54, 1.807) is 12.1 Å². The maximum atomic E-state index is 15.5. The van der Waals surface area contributed by atoms with E-state index in [2.05, 4.69) is 16.8 Å². The lowest BCUT2D eigenvalue weighted by Crippen LogP contribution is -2.47. The Morgan fingerprint density at radius 2 is 1.70 bits per heavy atom. The van der Waals surface area contributed by atoms with Gasteiger partial charge in [-0.1, -0.05) is 0 Å². The van der Waals surface area contributed by atoms with Gasteiger partial charge in [0.05, 0.1) is 19.6 Å². The lowest BCUT2D eigenvalue weighted by molar-refractivity contribution is -0.139. The molecule has 1 aliphatic carbocycles. The largest absolute Gasteiger partial charge is 0.369 e. The van der Waals surface area contributed by atoms with Gasteiger partial charge in [-0.25, -0.2) is 8.78 Å². The lowest BCUT2D eigenvalue weighted by Gasteiger charge is -2.34. The SMILES string of the molecule is CN1CCN(c2ccc(C(=O)N3C[C@]4(F)CN(CC5CC5)C(=O)[C@]4(F)C3)cc2)CC1. The van der Waals surface area contributed by atoms with Crippen molar-refractivity contribution in [3.05, 3.63) is 29.8 Å². The Hall–Kier alpha value is -2.22. The summed E-state index contributed by atoms with van der Waals surface area (Å²) in [4.78, 5) is 32.5. The zero-order valence-electron chi connectivity index (χ0n) is 17.3. The first-order chi connectivity index (χ1) is 14.3. The molecule has 0 unspecified atom stereocenters. The molecule has 0 N–H and O–H groups in total. The third-order valence-corrected chi connectivity index (χ3v) is 7.07. The number of piperazine rings is 1. The molecule has 162 valence electrons. The summed E-state index contributed by atoms with van der Waals surface area (Å²) in [5, 5.41) is 0. The Bertz CT molecular complexity index is 853. The van der Waals surface area contributed by atoms with Crippen molar-refractivity contribution in [3.63, 3.8) is 0 Å². The van der Waals surface area contributed by atoms with Crippen LogP contribution in [0.1, 0.15) is 23.2 Å². The van der Waals surface area contributed by atoms with Gasteiger partial charge in [0.25, 0.3) is 11.8 Å². The number of amides is 2. The molecule has 0 spiro atoms. The Kier molecular flexibility index (Phi) is 4.54. The second-order valence-electron chi connectivity index (χ2n) is 9.39.